The van der Waals surface area contributed by atoms with Gasteiger partial charge in [0, 0.05) is 23.1 Å². The van der Waals surface area contributed by atoms with Crippen molar-refractivity contribution in [1.29, 1.82) is 0 Å². The van der Waals surface area contributed by atoms with Crippen LogP contribution in [0.2, 0.25) is 5.02 Å². The lowest BCUT2D eigenvalue weighted by Crippen LogP contribution is -2.31. The molecule has 0 fully saturated rings. The summed E-state index contributed by atoms with van der Waals surface area (Å²) >= 11 is 7.58. The molecule has 0 saturated carbocycles. The molecule has 2 N–H and O–H groups in total. The number of fused-ring (bicyclic) bond motifs is 1. The lowest BCUT2D eigenvalue weighted by Gasteiger charge is -2.26. The summed E-state index contributed by atoms with van der Waals surface area (Å²) in [6, 6.07) is 13.6. The zero-order valence-electron chi connectivity index (χ0n) is 16.1. The maximum Gasteiger partial charge on any atom is 0.257 e. The average Bonchev–Trinajstić information content (AvgIpc) is 2.68. The van der Waals surface area contributed by atoms with Crippen LogP contribution in [0.15, 0.2) is 52.4 Å². The van der Waals surface area contributed by atoms with Crippen LogP contribution in [0.4, 0.5) is 5.82 Å². The Morgan fingerprint density at radius 3 is 2.76 bits per heavy atom. The molecule has 29 heavy (non-hydrogen) atoms. The maximum atomic E-state index is 13.0. The number of carbonyl (C=O) groups is 1. The monoisotopic (exact) mass is 425 g/mol. The van der Waals surface area contributed by atoms with Gasteiger partial charge in [-0.1, -0.05) is 65.3 Å². The molecule has 0 bridgehead atoms. The quantitative estimate of drug-likeness (QED) is 0.464. The third-order valence-corrected chi connectivity index (χ3v) is 6.35. The van der Waals surface area contributed by atoms with Crippen LogP contribution >= 0.6 is 23.4 Å². The number of aromatic amines is 1. The number of benzene rings is 2. The Kier molecular flexibility index (Phi) is 5.48. The van der Waals surface area contributed by atoms with Crippen molar-refractivity contribution in [2.45, 2.75) is 37.1 Å². The average molecular weight is 426 g/mol. The number of anilines is 1. The van der Waals surface area contributed by atoms with E-state index in [9.17, 15) is 9.59 Å². The molecule has 1 aliphatic heterocycles. The molecule has 4 rings (SSSR count). The number of nitrogens with zero attached hydrogens (tertiary/aromatic N) is 1. The number of aromatic nitrogens is 2. The molecule has 0 saturated heterocycles. The number of hydrogen-bond donors (Lipinski definition) is 2. The molecule has 0 unspecified atom stereocenters. The second kappa shape index (κ2) is 8.05. The van der Waals surface area contributed by atoms with Gasteiger partial charge in [0.05, 0.1) is 5.56 Å². The predicted molar refractivity (Wildman–Crippen MR) is 117 cm³/mol. The molecule has 3 aromatic rings. The SMILES string of the molecule is Cc1ccc(C)c([C@@H]2CC(=O)Nc3nc(SCc4ccccc4Cl)[nH]c(=O)c32)c1. The molecule has 0 radical (unpaired) electrons. The van der Waals surface area contributed by atoms with E-state index in [1.165, 1.54) is 11.8 Å². The molecule has 2 aromatic carbocycles. The van der Waals surface area contributed by atoms with E-state index < -0.39 is 0 Å². The summed E-state index contributed by atoms with van der Waals surface area (Å²) in [5.41, 5.74) is 4.39. The molecule has 1 atom stereocenters. The fourth-order valence-electron chi connectivity index (χ4n) is 3.58. The maximum absolute atomic E-state index is 13.0. The van der Waals surface area contributed by atoms with Gasteiger partial charge in [0.25, 0.3) is 5.56 Å². The summed E-state index contributed by atoms with van der Waals surface area (Å²) in [5, 5.41) is 3.90. The van der Waals surface area contributed by atoms with E-state index in [0.717, 1.165) is 22.3 Å². The normalized spacial score (nSPS) is 15.7. The minimum absolute atomic E-state index is 0.136. The number of halogens is 1. The molecule has 1 amide bonds. The van der Waals surface area contributed by atoms with Crippen LogP contribution in [-0.2, 0) is 10.5 Å². The highest BCUT2D eigenvalue weighted by molar-refractivity contribution is 7.98. The van der Waals surface area contributed by atoms with Crippen LogP contribution in [0.25, 0.3) is 0 Å². The van der Waals surface area contributed by atoms with E-state index in [1.807, 2.05) is 56.3 Å². The van der Waals surface area contributed by atoms with Crippen LogP contribution in [0.3, 0.4) is 0 Å². The Balaban J connectivity index is 1.70. The molecule has 5 nitrogen and oxygen atoms in total. The Morgan fingerprint density at radius 2 is 1.97 bits per heavy atom. The molecular weight excluding hydrogens is 406 g/mol. The fourth-order valence-corrected chi connectivity index (χ4v) is 4.73. The highest BCUT2D eigenvalue weighted by Gasteiger charge is 2.31. The number of hydrogen-bond acceptors (Lipinski definition) is 4. The fraction of sp³-hybridized carbons (Fsp3) is 0.227. The summed E-state index contributed by atoms with van der Waals surface area (Å²) in [6.45, 7) is 4.00. The van der Waals surface area contributed by atoms with Crippen LogP contribution in [0.5, 0.6) is 0 Å². The van der Waals surface area contributed by atoms with Crippen molar-refractivity contribution in [2.24, 2.45) is 0 Å². The van der Waals surface area contributed by atoms with Gasteiger partial charge in [-0.05, 0) is 36.6 Å². The van der Waals surface area contributed by atoms with Gasteiger partial charge in [-0.3, -0.25) is 9.59 Å². The number of aryl methyl sites for hydroxylation is 2. The topological polar surface area (TPSA) is 74.8 Å². The van der Waals surface area contributed by atoms with Crippen molar-refractivity contribution >= 4 is 35.1 Å². The van der Waals surface area contributed by atoms with Gasteiger partial charge in [-0.25, -0.2) is 4.98 Å². The van der Waals surface area contributed by atoms with Gasteiger partial charge in [0.2, 0.25) is 5.91 Å². The van der Waals surface area contributed by atoms with Crippen molar-refractivity contribution in [1.82, 2.24) is 9.97 Å². The van der Waals surface area contributed by atoms with E-state index in [4.69, 9.17) is 11.6 Å². The zero-order chi connectivity index (χ0) is 20.5. The number of amides is 1. The number of thioether (sulfide) groups is 1. The third kappa shape index (κ3) is 4.09. The second-order valence-electron chi connectivity index (χ2n) is 7.18. The van der Waals surface area contributed by atoms with Crippen LogP contribution in [-0.4, -0.2) is 15.9 Å². The summed E-state index contributed by atoms with van der Waals surface area (Å²) in [5.74, 6) is 0.467. The molecule has 2 heterocycles. The first-order valence-corrected chi connectivity index (χ1v) is 10.7. The third-order valence-electron chi connectivity index (χ3n) is 5.06. The summed E-state index contributed by atoms with van der Waals surface area (Å²) in [4.78, 5) is 32.7. The lowest BCUT2D eigenvalue weighted by molar-refractivity contribution is -0.116. The Hall–Kier alpha value is -2.57. The summed E-state index contributed by atoms with van der Waals surface area (Å²) in [7, 11) is 0. The van der Waals surface area contributed by atoms with Crippen molar-refractivity contribution in [2.75, 3.05) is 5.32 Å². The van der Waals surface area contributed by atoms with E-state index in [0.29, 0.717) is 27.3 Å². The van der Waals surface area contributed by atoms with Gasteiger partial charge >= 0.3 is 0 Å². The van der Waals surface area contributed by atoms with Crippen LogP contribution in [0, 0.1) is 13.8 Å². The van der Waals surface area contributed by atoms with E-state index in [1.54, 1.807) is 0 Å². The number of rotatable bonds is 4. The number of nitrogens with one attached hydrogen (secondary N) is 2. The van der Waals surface area contributed by atoms with Crippen molar-refractivity contribution in [3.63, 3.8) is 0 Å². The molecular formula is C22H20ClN3O2S. The van der Waals surface area contributed by atoms with Crippen LogP contribution < -0.4 is 10.9 Å². The zero-order valence-corrected chi connectivity index (χ0v) is 17.7. The second-order valence-corrected chi connectivity index (χ2v) is 8.55. The first-order chi connectivity index (χ1) is 13.9. The van der Waals surface area contributed by atoms with Gasteiger partial charge < -0.3 is 10.3 Å². The van der Waals surface area contributed by atoms with Crippen LogP contribution in [0.1, 0.15) is 40.2 Å². The first-order valence-electron chi connectivity index (χ1n) is 9.30. The van der Waals surface area contributed by atoms with E-state index in [2.05, 4.69) is 15.3 Å². The standard InChI is InChI=1S/C22H20ClN3O2S/c1-12-7-8-13(2)15(9-12)16-10-18(27)24-20-19(16)21(28)26-22(25-20)29-11-14-5-3-4-6-17(14)23/h3-9,16H,10-11H2,1-2H3,(H2,24,25,26,27,28)/t16-/m0/s1. The van der Waals surface area contributed by atoms with Gasteiger partial charge in [-0.2, -0.15) is 0 Å². The highest BCUT2D eigenvalue weighted by Crippen LogP contribution is 2.36. The van der Waals surface area contributed by atoms with E-state index >= 15 is 0 Å². The Morgan fingerprint density at radius 1 is 1.17 bits per heavy atom. The van der Waals surface area contributed by atoms with E-state index in [-0.39, 0.29) is 23.8 Å². The lowest BCUT2D eigenvalue weighted by atomic mass is 9.84. The van der Waals surface area contributed by atoms with Crippen molar-refractivity contribution in [3.05, 3.63) is 85.7 Å². The van der Waals surface area contributed by atoms with Crippen molar-refractivity contribution < 1.29 is 4.79 Å². The molecule has 0 spiro atoms. The summed E-state index contributed by atoms with van der Waals surface area (Å²) in [6.07, 6.45) is 0.230. The van der Waals surface area contributed by atoms with Gasteiger partial charge in [-0.15, -0.1) is 0 Å². The minimum Gasteiger partial charge on any atom is -0.310 e. The minimum atomic E-state index is -0.308. The van der Waals surface area contributed by atoms with Gasteiger partial charge in [0.15, 0.2) is 5.16 Å². The first kappa shape index (κ1) is 19.7. The smallest absolute Gasteiger partial charge is 0.257 e. The molecule has 148 valence electrons. The molecule has 7 heteroatoms. The van der Waals surface area contributed by atoms with Crippen molar-refractivity contribution in [3.8, 4) is 0 Å². The Bertz CT molecular complexity index is 1160. The molecule has 1 aliphatic rings. The number of carbonyl (C=O) groups excluding carboxylic acids is 1. The predicted octanol–water partition coefficient (Wildman–Crippen LogP) is 4.81. The molecule has 1 aromatic heterocycles. The Labute approximate surface area is 177 Å². The highest BCUT2D eigenvalue weighted by atomic mass is 35.5. The van der Waals surface area contributed by atoms with Gasteiger partial charge in [0.1, 0.15) is 5.82 Å². The molecule has 0 aliphatic carbocycles. The largest absolute Gasteiger partial charge is 0.310 e. The number of H-pyrrole nitrogens is 1. The summed E-state index contributed by atoms with van der Waals surface area (Å²) < 4.78 is 0.